The number of carbonyl (C=O) groups excluding carboxylic acids is 1. The summed E-state index contributed by atoms with van der Waals surface area (Å²) >= 11 is 0. The molecule has 0 aliphatic heterocycles. The van der Waals surface area contributed by atoms with Crippen LogP contribution in [0.4, 0.5) is 0 Å². The van der Waals surface area contributed by atoms with Crippen LogP contribution < -0.4 is 5.32 Å². The molecule has 2 saturated carbocycles. The van der Waals surface area contributed by atoms with Crippen molar-refractivity contribution in [3.05, 3.63) is 24.0 Å². The van der Waals surface area contributed by atoms with E-state index in [1.807, 2.05) is 4.90 Å². The summed E-state index contributed by atoms with van der Waals surface area (Å²) in [5.41, 5.74) is 0.0244. The van der Waals surface area contributed by atoms with E-state index in [0.717, 1.165) is 19.4 Å². The first-order valence-electron chi connectivity index (χ1n) is 7.93. The fourth-order valence-corrected chi connectivity index (χ4v) is 2.98. The summed E-state index contributed by atoms with van der Waals surface area (Å²) in [5.74, 6) is -0.703. The smallest absolute Gasteiger partial charge is 0.317 e. The maximum atomic E-state index is 12.1. The number of aromatic hydroxyl groups is 1. The molecule has 1 amide bonds. The van der Waals surface area contributed by atoms with Gasteiger partial charge in [-0.05, 0) is 43.7 Å². The minimum absolute atomic E-state index is 0.00408. The first-order chi connectivity index (χ1) is 11.0. The minimum Gasteiger partial charge on any atom is -0.505 e. The highest BCUT2D eigenvalue weighted by molar-refractivity contribution is 5.94. The lowest BCUT2D eigenvalue weighted by Gasteiger charge is -2.42. The van der Waals surface area contributed by atoms with Crippen molar-refractivity contribution in [2.24, 2.45) is 5.92 Å². The molecular formula is C16H21N3O4. The molecule has 0 radical (unpaired) electrons. The molecule has 0 unspecified atom stereocenters. The fourth-order valence-electron chi connectivity index (χ4n) is 2.98. The van der Waals surface area contributed by atoms with Gasteiger partial charge in [-0.25, -0.2) is 4.98 Å². The first kappa shape index (κ1) is 15.7. The number of hydrogen-bond acceptors (Lipinski definition) is 5. The van der Waals surface area contributed by atoms with Crippen LogP contribution in [-0.4, -0.2) is 57.1 Å². The van der Waals surface area contributed by atoms with Crippen LogP contribution in [0.15, 0.2) is 18.3 Å². The highest BCUT2D eigenvalue weighted by Crippen LogP contribution is 2.33. The molecule has 0 atom stereocenters. The summed E-state index contributed by atoms with van der Waals surface area (Å²) in [5, 5.41) is 21.5. The highest BCUT2D eigenvalue weighted by atomic mass is 16.4. The molecule has 3 rings (SSSR count). The van der Waals surface area contributed by atoms with E-state index in [9.17, 15) is 14.7 Å². The number of carboxylic acids is 1. The zero-order valence-corrected chi connectivity index (χ0v) is 12.8. The molecule has 2 aliphatic rings. The molecule has 1 aromatic rings. The first-order valence-corrected chi connectivity index (χ1v) is 7.93. The number of aliphatic carboxylic acids is 1. The Bertz CT molecular complexity index is 597. The van der Waals surface area contributed by atoms with Crippen LogP contribution in [0.1, 0.15) is 36.2 Å². The summed E-state index contributed by atoms with van der Waals surface area (Å²) in [6.45, 7) is 0.890. The summed E-state index contributed by atoms with van der Waals surface area (Å²) in [6, 6.07) is 3.20. The van der Waals surface area contributed by atoms with Crippen LogP contribution in [0.3, 0.4) is 0 Å². The van der Waals surface area contributed by atoms with E-state index in [4.69, 9.17) is 5.11 Å². The second-order valence-electron chi connectivity index (χ2n) is 6.43. The van der Waals surface area contributed by atoms with Crippen LogP contribution in [0.5, 0.6) is 5.75 Å². The van der Waals surface area contributed by atoms with Gasteiger partial charge in [0.25, 0.3) is 5.91 Å². The lowest BCUT2D eigenvalue weighted by atomic mass is 9.85. The normalized spacial score (nSPS) is 23.3. The average Bonchev–Trinajstić information content (AvgIpc) is 3.25. The molecule has 2 fully saturated rings. The van der Waals surface area contributed by atoms with Gasteiger partial charge in [0.2, 0.25) is 0 Å². The fraction of sp³-hybridized carbons (Fsp3) is 0.562. The van der Waals surface area contributed by atoms with E-state index >= 15 is 0 Å². The standard InChI is InChI=1S/C16H21N3O4/c20-13-2-1-5-17-15(13)16(23)18-11-6-12(7-11)19(9-14(21)22)8-10-3-4-10/h1-2,5,10-12,20H,3-4,6-9H2,(H,18,23)(H,21,22). The molecule has 1 heterocycles. The molecule has 3 N–H and O–H groups in total. The van der Waals surface area contributed by atoms with Gasteiger partial charge in [0, 0.05) is 24.8 Å². The van der Waals surface area contributed by atoms with Crippen molar-refractivity contribution in [2.45, 2.75) is 37.8 Å². The molecule has 7 nitrogen and oxygen atoms in total. The predicted octanol–water partition coefficient (Wildman–Crippen LogP) is 0.845. The monoisotopic (exact) mass is 319 g/mol. The Kier molecular flexibility index (Phi) is 4.47. The summed E-state index contributed by atoms with van der Waals surface area (Å²) in [4.78, 5) is 29.0. The number of carboxylic acid groups (broad SMARTS) is 1. The summed E-state index contributed by atoms with van der Waals surface area (Å²) in [6.07, 6.45) is 5.30. The van der Waals surface area contributed by atoms with E-state index < -0.39 is 11.9 Å². The van der Waals surface area contributed by atoms with E-state index in [2.05, 4.69) is 10.3 Å². The van der Waals surface area contributed by atoms with Crippen LogP contribution in [0.2, 0.25) is 0 Å². The van der Waals surface area contributed by atoms with Crippen LogP contribution in [0.25, 0.3) is 0 Å². The predicted molar refractivity (Wildman–Crippen MR) is 82.1 cm³/mol. The van der Waals surface area contributed by atoms with Gasteiger partial charge in [-0.15, -0.1) is 0 Å². The van der Waals surface area contributed by atoms with Gasteiger partial charge in [-0.3, -0.25) is 14.5 Å². The molecule has 23 heavy (non-hydrogen) atoms. The summed E-state index contributed by atoms with van der Waals surface area (Å²) in [7, 11) is 0. The van der Waals surface area contributed by atoms with Gasteiger partial charge >= 0.3 is 5.97 Å². The number of pyridine rings is 1. The molecule has 0 spiro atoms. The molecule has 124 valence electrons. The largest absolute Gasteiger partial charge is 0.505 e. The number of hydrogen-bond donors (Lipinski definition) is 3. The molecule has 1 aromatic heterocycles. The number of aromatic nitrogens is 1. The van der Waals surface area contributed by atoms with Crippen molar-refractivity contribution in [1.82, 2.24) is 15.2 Å². The Morgan fingerprint density at radius 3 is 2.70 bits per heavy atom. The van der Waals surface area contributed by atoms with Crippen LogP contribution >= 0.6 is 0 Å². The Morgan fingerprint density at radius 1 is 1.35 bits per heavy atom. The van der Waals surface area contributed by atoms with Crippen molar-refractivity contribution >= 4 is 11.9 Å². The van der Waals surface area contributed by atoms with Crippen molar-refractivity contribution in [3.8, 4) is 5.75 Å². The van der Waals surface area contributed by atoms with E-state index in [1.165, 1.54) is 25.1 Å². The van der Waals surface area contributed by atoms with E-state index in [0.29, 0.717) is 5.92 Å². The maximum absolute atomic E-state index is 12.1. The van der Waals surface area contributed by atoms with Crippen molar-refractivity contribution < 1.29 is 19.8 Å². The Labute approximate surface area is 134 Å². The second-order valence-corrected chi connectivity index (χ2v) is 6.43. The number of nitrogens with one attached hydrogen (secondary N) is 1. The second kappa shape index (κ2) is 6.54. The van der Waals surface area contributed by atoms with Crippen LogP contribution in [0, 0.1) is 5.92 Å². The SMILES string of the molecule is O=C(O)CN(CC1CC1)C1CC(NC(=O)c2ncccc2O)C1. The quantitative estimate of drug-likeness (QED) is 0.688. The molecule has 0 aromatic carbocycles. The Morgan fingerprint density at radius 2 is 2.09 bits per heavy atom. The van der Waals surface area contributed by atoms with Crippen LogP contribution in [-0.2, 0) is 4.79 Å². The Balaban J connectivity index is 1.50. The molecule has 2 aliphatic carbocycles. The zero-order chi connectivity index (χ0) is 16.4. The molecule has 0 bridgehead atoms. The van der Waals surface area contributed by atoms with Gasteiger partial charge in [-0.2, -0.15) is 0 Å². The third kappa shape index (κ3) is 3.98. The van der Waals surface area contributed by atoms with E-state index in [1.54, 1.807) is 6.07 Å². The lowest BCUT2D eigenvalue weighted by molar-refractivity contribution is -0.139. The number of amides is 1. The number of carbonyl (C=O) groups is 2. The minimum atomic E-state index is -0.809. The third-order valence-electron chi connectivity index (χ3n) is 4.49. The van der Waals surface area contributed by atoms with Gasteiger partial charge in [0.05, 0.1) is 6.54 Å². The third-order valence-corrected chi connectivity index (χ3v) is 4.49. The Hall–Kier alpha value is -2.15. The van der Waals surface area contributed by atoms with Gasteiger partial charge in [0.15, 0.2) is 5.69 Å². The van der Waals surface area contributed by atoms with E-state index in [-0.39, 0.29) is 30.1 Å². The topological polar surface area (TPSA) is 103 Å². The molecular weight excluding hydrogens is 298 g/mol. The average molecular weight is 319 g/mol. The number of rotatable bonds is 7. The number of nitrogens with zero attached hydrogens (tertiary/aromatic N) is 2. The van der Waals surface area contributed by atoms with Crippen molar-refractivity contribution in [3.63, 3.8) is 0 Å². The van der Waals surface area contributed by atoms with Gasteiger partial charge < -0.3 is 15.5 Å². The van der Waals surface area contributed by atoms with Gasteiger partial charge in [-0.1, -0.05) is 0 Å². The van der Waals surface area contributed by atoms with Crippen molar-refractivity contribution in [2.75, 3.05) is 13.1 Å². The highest BCUT2D eigenvalue weighted by Gasteiger charge is 2.38. The van der Waals surface area contributed by atoms with Crippen molar-refractivity contribution in [1.29, 1.82) is 0 Å². The zero-order valence-electron chi connectivity index (χ0n) is 12.8. The van der Waals surface area contributed by atoms with Gasteiger partial charge in [0.1, 0.15) is 5.75 Å². The molecule has 7 heteroatoms. The summed E-state index contributed by atoms with van der Waals surface area (Å²) < 4.78 is 0. The molecule has 0 saturated heterocycles. The lowest BCUT2D eigenvalue weighted by Crippen LogP contribution is -2.55. The maximum Gasteiger partial charge on any atom is 0.317 e.